The number of sulfonamides is 1. The number of aromatic nitrogens is 2. The van der Waals surface area contributed by atoms with Crippen LogP contribution in [0.15, 0.2) is 74.9 Å². The third-order valence-electron chi connectivity index (χ3n) is 3.03. The van der Waals surface area contributed by atoms with E-state index in [0.717, 1.165) is 0 Å². The first kappa shape index (κ1) is 17.8. The molecule has 3 aromatic rings. The van der Waals surface area contributed by atoms with Crippen LogP contribution in [0.2, 0.25) is 0 Å². The Hall–Kier alpha value is -1.97. The summed E-state index contributed by atoms with van der Waals surface area (Å²) in [5.74, 6) is 0.756. The Kier molecular flexibility index (Phi) is 5.36. The second-order valence-electron chi connectivity index (χ2n) is 4.85. The van der Waals surface area contributed by atoms with E-state index in [2.05, 4.69) is 46.5 Å². The molecule has 0 saturated carbocycles. The van der Waals surface area contributed by atoms with Crippen LogP contribution in [0, 0.1) is 0 Å². The first-order valence-corrected chi connectivity index (χ1v) is 10.0. The number of ether oxygens (including phenoxy) is 1. The number of nitrogens with zero attached hydrogens (tertiary/aromatic N) is 2. The van der Waals surface area contributed by atoms with Crippen molar-refractivity contribution >= 4 is 47.6 Å². The number of anilines is 1. The molecule has 9 heteroatoms. The van der Waals surface area contributed by atoms with Crippen molar-refractivity contribution in [3.63, 3.8) is 0 Å². The molecule has 25 heavy (non-hydrogen) atoms. The van der Waals surface area contributed by atoms with Crippen molar-refractivity contribution in [2.45, 2.75) is 4.90 Å². The third-order valence-corrected chi connectivity index (χ3v) is 5.90. The van der Waals surface area contributed by atoms with E-state index in [0.29, 0.717) is 26.3 Å². The maximum absolute atomic E-state index is 12.6. The fraction of sp³-hybridized carbons (Fsp3) is 0. The fourth-order valence-corrected chi connectivity index (χ4v) is 4.53. The summed E-state index contributed by atoms with van der Waals surface area (Å²) in [6, 6.07) is 11.5. The molecule has 0 radical (unpaired) electrons. The lowest BCUT2D eigenvalue weighted by atomic mass is 10.3. The van der Waals surface area contributed by atoms with Crippen molar-refractivity contribution in [3.8, 4) is 11.6 Å². The highest BCUT2D eigenvalue weighted by molar-refractivity contribution is 9.11. The predicted molar refractivity (Wildman–Crippen MR) is 101 cm³/mol. The Morgan fingerprint density at radius 3 is 2.64 bits per heavy atom. The smallest absolute Gasteiger partial charge is 0.263 e. The lowest BCUT2D eigenvalue weighted by Crippen LogP contribution is -2.13. The number of nitrogens with one attached hydrogen (secondary N) is 1. The third kappa shape index (κ3) is 4.56. The van der Waals surface area contributed by atoms with E-state index in [1.165, 1.54) is 24.7 Å². The quantitative estimate of drug-likeness (QED) is 0.572. The van der Waals surface area contributed by atoms with Gasteiger partial charge in [0, 0.05) is 27.4 Å². The molecule has 0 bridgehead atoms. The first-order valence-electron chi connectivity index (χ1n) is 6.96. The molecule has 0 fully saturated rings. The van der Waals surface area contributed by atoms with Crippen molar-refractivity contribution < 1.29 is 13.2 Å². The average Bonchev–Trinajstić information content (AvgIpc) is 2.58. The predicted octanol–water partition coefficient (Wildman–Crippen LogP) is 4.59. The van der Waals surface area contributed by atoms with Gasteiger partial charge < -0.3 is 4.74 Å². The zero-order chi connectivity index (χ0) is 17.9. The highest BCUT2D eigenvalue weighted by atomic mass is 79.9. The molecule has 0 saturated heterocycles. The summed E-state index contributed by atoms with van der Waals surface area (Å²) < 4.78 is 34.5. The zero-order valence-corrected chi connectivity index (χ0v) is 16.5. The Balaban J connectivity index is 1.85. The molecule has 1 heterocycles. The number of halogens is 2. The van der Waals surface area contributed by atoms with Gasteiger partial charge in [-0.15, -0.1) is 0 Å². The van der Waals surface area contributed by atoms with Gasteiger partial charge in [0.05, 0.1) is 11.9 Å². The summed E-state index contributed by atoms with van der Waals surface area (Å²) in [7, 11) is -3.77. The van der Waals surface area contributed by atoms with E-state index in [1.807, 2.05) is 0 Å². The van der Waals surface area contributed by atoms with Gasteiger partial charge in [0.2, 0.25) is 5.88 Å². The summed E-state index contributed by atoms with van der Waals surface area (Å²) >= 11 is 6.54. The minimum atomic E-state index is -3.77. The topological polar surface area (TPSA) is 81.2 Å². The summed E-state index contributed by atoms with van der Waals surface area (Å²) in [4.78, 5) is 8.05. The Morgan fingerprint density at radius 2 is 1.88 bits per heavy atom. The van der Waals surface area contributed by atoms with Crippen molar-refractivity contribution in [2.24, 2.45) is 0 Å². The standard InChI is InChI=1S/C16H11Br2N3O3S/c17-11-4-5-14(18)15(8-11)25(22,23)21-12-2-1-3-13(9-12)24-16-10-19-6-7-20-16/h1-10,21H. The molecule has 0 aliphatic carbocycles. The van der Waals surface area contributed by atoms with Gasteiger partial charge in [-0.3, -0.25) is 9.71 Å². The first-order chi connectivity index (χ1) is 11.9. The second kappa shape index (κ2) is 7.51. The van der Waals surface area contributed by atoms with Gasteiger partial charge in [0.15, 0.2) is 0 Å². The highest BCUT2D eigenvalue weighted by Crippen LogP contribution is 2.29. The average molecular weight is 485 g/mol. The van der Waals surface area contributed by atoms with E-state index in [-0.39, 0.29) is 4.90 Å². The number of hydrogen-bond donors (Lipinski definition) is 1. The Labute approximate surface area is 161 Å². The van der Waals surface area contributed by atoms with Gasteiger partial charge in [-0.05, 0) is 46.3 Å². The summed E-state index contributed by atoms with van der Waals surface area (Å²) in [5.41, 5.74) is 0.369. The molecule has 3 rings (SSSR count). The molecule has 6 nitrogen and oxygen atoms in total. The van der Waals surface area contributed by atoms with E-state index in [9.17, 15) is 8.42 Å². The van der Waals surface area contributed by atoms with Crippen LogP contribution in [0.4, 0.5) is 5.69 Å². The van der Waals surface area contributed by atoms with Crippen LogP contribution in [-0.2, 0) is 10.0 Å². The molecular weight excluding hydrogens is 474 g/mol. The van der Waals surface area contributed by atoms with Gasteiger partial charge in [0.25, 0.3) is 10.0 Å². The molecule has 1 aromatic heterocycles. The van der Waals surface area contributed by atoms with Crippen molar-refractivity contribution in [3.05, 3.63) is 70.0 Å². The fourth-order valence-electron chi connectivity index (χ4n) is 1.98. The molecular formula is C16H11Br2N3O3S. The van der Waals surface area contributed by atoms with Crippen LogP contribution in [0.25, 0.3) is 0 Å². The largest absolute Gasteiger partial charge is 0.437 e. The van der Waals surface area contributed by atoms with Crippen LogP contribution in [0.3, 0.4) is 0 Å². The highest BCUT2D eigenvalue weighted by Gasteiger charge is 2.18. The maximum Gasteiger partial charge on any atom is 0.263 e. The van der Waals surface area contributed by atoms with E-state index in [4.69, 9.17) is 4.74 Å². The van der Waals surface area contributed by atoms with Crippen molar-refractivity contribution in [1.29, 1.82) is 0 Å². The molecule has 0 unspecified atom stereocenters. The molecule has 0 aliphatic rings. The number of hydrogen-bond acceptors (Lipinski definition) is 5. The van der Waals surface area contributed by atoms with E-state index < -0.39 is 10.0 Å². The normalized spacial score (nSPS) is 11.1. The summed E-state index contributed by atoms with van der Waals surface area (Å²) in [6.45, 7) is 0. The Bertz CT molecular complexity index is 999. The van der Waals surface area contributed by atoms with E-state index >= 15 is 0 Å². The van der Waals surface area contributed by atoms with Crippen molar-refractivity contribution in [2.75, 3.05) is 4.72 Å². The second-order valence-corrected chi connectivity index (χ2v) is 8.27. The molecule has 0 amide bonds. The molecule has 0 aliphatic heterocycles. The molecule has 0 atom stereocenters. The zero-order valence-electron chi connectivity index (χ0n) is 12.6. The Morgan fingerprint density at radius 1 is 1.04 bits per heavy atom. The van der Waals surface area contributed by atoms with Crippen LogP contribution in [0.5, 0.6) is 11.6 Å². The minimum Gasteiger partial charge on any atom is -0.437 e. The SMILES string of the molecule is O=S(=O)(Nc1cccc(Oc2cnccn2)c1)c1cc(Br)ccc1Br. The van der Waals surface area contributed by atoms with Gasteiger partial charge in [-0.25, -0.2) is 13.4 Å². The summed E-state index contributed by atoms with van der Waals surface area (Å²) in [5, 5.41) is 0. The minimum absolute atomic E-state index is 0.127. The van der Waals surface area contributed by atoms with E-state index in [1.54, 1.807) is 36.4 Å². The van der Waals surface area contributed by atoms with Gasteiger partial charge in [-0.1, -0.05) is 22.0 Å². The maximum atomic E-state index is 12.6. The van der Waals surface area contributed by atoms with Gasteiger partial charge >= 0.3 is 0 Å². The van der Waals surface area contributed by atoms with Crippen LogP contribution < -0.4 is 9.46 Å². The van der Waals surface area contributed by atoms with Gasteiger partial charge in [0.1, 0.15) is 10.6 Å². The lowest BCUT2D eigenvalue weighted by molar-refractivity contribution is 0.460. The lowest BCUT2D eigenvalue weighted by Gasteiger charge is -2.11. The molecule has 0 spiro atoms. The number of benzene rings is 2. The molecule has 128 valence electrons. The number of rotatable bonds is 5. The van der Waals surface area contributed by atoms with Gasteiger partial charge in [-0.2, -0.15) is 0 Å². The molecule has 1 N–H and O–H groups in total. The van der Waals surface area contributed by atoms with Crippen LogP contribution in [0.1, 0.15) is 0 Å². The monoisotopic (exact) mass is 483 g/mol. The van der Waals surface area contributed by atoms with Crippen LogP contribution in [-0.4, -0.2) is 18.4 Å². The molecule has 2 aromatic carbocycles. The van der Waals surface area contributed by atoms with Crippen molar-refractivity contribution in [1.82, 2.24) is 9.97 Å². The van der Waals surface area contributed by atoms with Crippen LogP contribution >= 0.6 is 31.9 Å². The summed E-state index contributed by atoms with van der Waals surface area (Å²) in [6.07, 6.45) is 4.51.